The van der Waals surface area contributed by atoms with Gasteiger partial charge in [-0.2, -0.15) is 0 Å². The summed E-state index contributed by atoms with van der Waals surface area (Å²) in [5.41, 5.74) is 1.97. The highest BCUT2D eigenvalue weighted by molar-refractivity contribution is 6.00. The summed E-state index contributed by atoms with van der Waals surface area (Å²) in [6.45, 7) is 3.86. The highest BCUT2D eigenvalue weighted by Crippen LogP contribution is 2.18. The molecule has 0 saturated carbocycles. The lowest BCUT2D eigenvalue weighted by atomic mass is 10.0. The lowest BCUT2D eigenvalue weighted by Gasteiger charge is -2.04. The zero-order chi connectivity index (χ0) is 11.0. The van der Waals surface area contributed by atoms with Crippen LogP contribution in [0.15, 0.2) is 30.5 Å². The number of fused-ring (bicyclic) bond motifs is 1. The molecule has 0 aliphatic carbocycles. The Balaban J connectivity index is 2.52. The number of carbonyl (C=O) groups is 1. The summed E-state index contributed by atoms with van der Waals surface area (Å²) in [6, 6.07) is 7.92. The van der Waals surface area contributed by atoms with Crippen molar-refractivity contribution in [3.63, 3.8) is 0 Å². The summed E-state index contributed by atoms with van der Waals surface area (Å²) in [7, 11) is 2.01. The summed E-state index contributed by atoms with van der Waals surface area (Å²) < 4.78 is 2.05. The zero-order valence-corrected chi connectivity index (χ0v) is 9.32. The Labute approximate surface area is 89.5 Å². The highest BCUT2D eigenvalue weighted by atomic mass is 16.1. The second-order valence-corrected chi connectivity index (χ2v) is 4.22. The summed E-state index contributed by atoms with van der Waals surface area (Å²) in [4.78, 5) is 11.8. The molecule has 0 unspecified atom stereocenters. The number of hydrogen-bond acceptors (Lipinski definition) is 1. The minimum absolute atomic E-state index is 0.0613. The maximum atomic E-state index is 11.8. The standard InChI is InChI=1S/C13H15NO/c1-9(2)13(15)11-4-5-12-10(8-11)6-7-14(12)3/h4-9H,1-3H3. The fourth-order valence-corrected chi connectivity index (χ4v) is 1.77. The predicted octanol–water partition coefficient (Wildman–Crippen LogP) is 3.02. The Morgan fingerprint density at radius 2 is 2.00 bits per heavy atom. The van der Waals surface area contributed by atoms with Gasteiger partial charge >= 0.3 is 0 Å². The van der Waals surface area contributed by atoms with Gasteiger partial charge in [0.05, 0.1) is 0 Å². The molecule has 1 aromatic carbocycles. The molecule has 2 nitrogen and oxygen atoms in total. The molecular weight excluding hydrogens is 186 g/mol. The van der Waals surface area contributed by atoms with Gasteiger partial charge in [-0.15, -0.1) is 0 Å². The van der Waals surface area contributed by atoms with Crippen molar-refractivity contribution in [2.24, 2.45) is 13.0 Å². The Bertz CT molecular complexity index is 508. The van der Waals surface area contributed by atoms with E-state index < -0.39 is 0 Å². The van der Waals surface area contributed by atoms with Gasteiger partial charge in [0, 0.05) is 35.6 Å². The van der Waals surface area contributed by atoms with E-state index in [1.807, 2.05) is 51.4 Å². The zero-order valence-electron chi connectivity index (χ0n) is 9.32. The number of aromatic nitrogens is 1. The number of rotatable bonds is 2. The van der Waals surface area contributed by atoms with Crippen LogP contribution in [0.3, 0.4) is 0 Å². The summed E-state index contributed by atoms with van der Waals surface area (Å²) >= 11 is 0. The second kappa shape index (κ2) is 3.54. The number of carbonyl (C=O) groups excluding carboxylic acids is 1. The van der Waals surface area contributed by atoms with Crippen molar-refractivity contribution in [1.82, 2.24) is 4.57 Å². The predicted molar refractivity (Wildman–Crippen MR) is 62.1 cm³/mol. The van der Waals surface area contributed by atoms with Crippen molar-refractivity contribution >= 4 is 16.7 Å². The lowest BCUT2D eigenvalue weighted by molar-refractivity contribution is 0.0939. The van der Waals surface area contributed by atoms with Crippen LogP contribution < -0.4 is 0 Å². The molecule has 0 spiro atoms. The Morgan fingerprint density at radius 1 is 1.27 bits per heavy atom. The van der Waals surface area contributed by atoms with Gasteiger partial charge in [0.25, 0.3) is 0 Å². The van der Waals surface area contributed by atoms with E-state index in [4.69, 9.17) is 0 Å². The van der Waals surface area contributed by atoms with Crippen LogP contribution in [0.1, 0.15) is 24.2 Å². The first-order chi connectivity index (χ1) is 7.09. The average Bonchev–Trinajstić information content (AvgIpc) is 2.59. The van der Waals surface area contributed by atoms with Crippen molar-refractivity contribution in [3.8, 4) is 0 Å². The summed E-state index contributed by atoms with van der Waals surface area (Å²) in [6.07, 6.45) is 2.01. The highest BCUT2D eigenvalue weighted by Gasteiger charge is 2.10. The van der Waals surface area contributed by atoms with E-state index in [-0.39, 0.29) is 11.7 Å². The van der Waals surface area contributed by atoms with Crippen molar-refractivity contribution in [1.29, 1.82) is 0 Å². The molecular formula is C13H15NO. The molecule has 0 fully saturated rings. The fourth-order valence-electron chi connectivity index (χ4n) is 1.77. The molecule has 0 radical (unpaired) electrons. The lowest BCUT2D eigenvalue weighted by Crippen LogP contribution is -2.06. The maximum Gasteiger partial charge on any atom is 0.165 e. The van der Waals surface area contributed by atoms with Crippen LogP contribution >= 0.6 is 0 Å². The van der Waals surface area contributed by atoms with E-state index in [0.29, 0.717) is 0 Å². The molecule has 15 heavy (non-hydrogen) atoms. The SMILES string of the molecule is CC(C)C(=O)c1ccc2c(ccn2C)c1. The van der Waals surface area contributed by atoms with E-state index in [9.17, 15) is 4.79 Å². The number of hydrogen-bond donors (Lipinski definition) is 0. The minimum atomic E-state index is 0.0613. The van der Waals surface area contributed by atoms with Gasteiger partial charge < -0.3 is 4.57 Å². The Morgan fingerprint density at radius 3 is 2.67 bits per heavy atom. The third-order valence-electron chi connectivity index (χ3n) is 2.69. The van der Waals surface area contributed by atoms with E-state index >= 15 is 0 Å². The third kappa shape index (κ3) is 1.67. The number of aryl methyl sites for hydroxylation is 1. The Hall–Kier alpha value is -1.57. The number of nitrogens with zero attached hydrogens (tertiary/aromatic N) is 1. The first-order valence-corrected chi connectivity index (χ1v) is 5.19. The summed E-state index contributed by atoms with van der Waals surface area (Å²) in [5, 5.41) is 1.13. The third-order valence-corrected chi connectivity index (χ3v) is 2.69. The van der Waals surface area contributed by atoms with Crippen LogP contribution in [0.5, 0.6) is 0 Å². The van der Waals surface area contributed by atoms with Crippen LogP contribution in [0, 0.1) is 5.92 Å². The van der Waals surface area contributed by atoms with Crippen LogP contribution in [0.2, 0.25) is 0 Å². The fraction of sp³-hybridized carbons (Fsp3) is 0.308. The average molecular weight is 201 g/mol. The maximum absolute atomic E-state index is 11.8. The van der Waals surface area contributed by atoms with Gasteiger partial charge in [0.1, 0.15) is 0 Å². The number of benzene rings is 1. The topological polar surface area (TPSA) is 22.0 Å². The number of Topliss-reactive ketones (excluding diaryl/α,β-unsaturated/α-hetero) is 1. The molecule has 1 heterocycles. The molecule has 0 saturated heterocycles. The molecule has 0 N–H and O–H groups in total. The molecule has 0 atom stereocenters. The van der Waals surface area contributed by atoms with E-state index in [1.54, 1.807) is 0 Å². The van der Waals surface area contributed by atoms with Gasteiger partial charge in [0.15, 0.2) is 5.78 Å². The largest absolute Gasteiger partial charge is 0.351 e. The molecule has 2 aromatic rings. The Kier molecular flexibility index (Phi) is 2.35. The molecule has 0 aliphatic rings. The first kappa shape index (κ1) is 9.97. The van der Waals surface area contributed by atoms with E-state index in [0.717, 1.165) is 16.5 Å². The van der Waals surface area contributed by atoms with Crippen LogP contribution in [0.25, 0.3) is 10.9 Å². The normalized spacial score (nSPS) is 11.2. The molecule has 0 aliphatic heterocycles. The van der Waals surface area contributed by atoms with E-state index in [2.05, 4.69) is 4.57 Å². The first-order valence-electron chi connectivity index (χ1n) is 5.19. The van der Waals surface area contributed by atoms with Gasteiger partial charge in [0.2, 0.25) is 0 Å². The monoisotopic (exact) mass is 201 g/mol. The molecule has 2 rings (SSSR count). The smallest absolute Gasteiger partial charge is 0.165 e. The quantitative estimate of drug-likeness (QED) is 0.684. The molecule has 78 valence electrons. The van der Waals surface area contributed by atoms with Crippen LogP contribution in [0.4, 0.5) is 0 Å². The van der Waals surface area contributed by atoms with Gasteiger partial charge in [-0.1, -0.05) is 13.8 Å². The van der Waals surface area contributed by atoms with Gasteiger partial charge in [-0.25, -0.2) is 0 Å². The molecule has 0 amide bonds. The van der Waals surface area contributed by atoms with Crippen molar-refractivity contribution in [2.75, 3.05) is 0 Å². The van der Waals surface area contributed by atoms with Crippen molar-refractivity contribution in [3.05, 3.63) is 36.0 Å². The van der Waals surface area contributed by atoms with Crippen molar-refractivity contribution in [2.45, 2.75) is 13.8 Å². The summed E-state index contributed by atoms with van der Waals surface area (Å²) in [5.74, 6) is 0.270. The molecule has 2 heteroatoms. The van der Waals surface area contributed by atoms with Crippen molar-refractivity contribution < 1.29 is 4.79 Å². The molecule has 0 bridgehead atoms. The second-order valence-electron chi connectivity index (χ2n) is 4.22. The van der Waals surface area contributed by atoms with Gasteiger partial charge in [-0.3, -0.25) is 4.79 Å². The number of ketones is 1. The van der Waals surface area contributed by atoms with E-state index in [1.165, 1.54) is 0 Å². The van der Waals surface area contributed by atoms with Gasteiger partial charge in [-0.05, 0) is 24.3 Å². The van der Waals surface area contributed by atoms with Crippen LogP contribution in [-0.2, 0) is 7.05 Å². The van der Waals surface area contributed by atoms with Crippen LogP contribution in [-0.4, -0.2) is 10.4 Å². The minimum Gasteiger partial charge on any atom is -0.351 e. The molecule has 1 aromatic heterocycles.